The maximum Gasteiger partial charge on any atom is 0.331 e. The predicted molar refractivity (Wildman–Crippen MR) is 117 cm³/mol. The average molecular weight is 432 g/mol. The zero-order valence-corrected chi connectivity index (χ0v) is 17.8. The van der Waals surface area contributed by atoms with Crippen LogP contribution in [0.5, 0.6) is 0 Å². The second kappa shape index (κ2) is 9.71. The standard InChI is InChI=1S/C24H21FN4O3/c1-15-22(16(2)29(28-15)21-10-6-19(25)7-11-21)12-13-23(30)32-17(3)24(31)27-20-8-4-18(14-26)5-9-20/h4-13,17H,1-3H3,(H,27,31)/b13-12+. The van der Waals surface area contributed by atoms with Crippen LogP contribution in [-0.2, 0) is 14.3 Å². The van der Waals surface area contributed by atoms with Crippen molar-refractivity contribution in [3.63, 3.8) is 0 Å². The molecular weight excluding hydrogens is 411 g/mol. The fourth-order valence-corrected chi connectivity index (χ4v) is 3.02. The van der Waals surface area contributed by atoms with Crippen molar-refractivity contribution in [2.75, 3.05) is 5.32 Å². The lowest BCUT2D eigenvalue weighted by Crippen LogP contribution is -2.29. The second-order valence-corrected chi connectivity index (χ2v) is 7.06. The van der Waals surface area contributed by atoms with Crippen LogP contribution in [0.25, 0.3) is 11.8 Å². The van der Waals surface area contributed by atoms with Crippen molar-refractivity contribution in [1.29, 1.82) is 5.26 Å². The fraction of sp³-hybridized carbons (Fsp3) is 0.167. The molecule has 162 valence electrons. The summed E-state index contributed by atoms with van der Waals surface area (Å²) in [5.41, 5.74) is 3.84. The summed E-state index contributed by atoms with van der Waals surface area (Å²) >= 11 is 0. The van der Waals surface area contributed by atoms with Crippen molar-refractivity contribution >= 4 is 23.6 Å². The first-order valence-electron chi connectivity index (χ1n) is 9.80. The average Bonchev–Trinajstić information content (AvgIpc) is 3.06. The molecule has 1 heterocycles. The van der Waals surface area contributed by atoms with Gasteiger partial charge in [-0.3, -0.25) is 4.79 Å². The molecule has 0 radical (unpaired) electrons. The molecule has 7 nitrogen and oxygen atoms in total. The van der Waals surface area contributed by atoms with Gasteiger partial charge in [0.15, 0.2) is 6.10 Å². The van der Waals surface area contributed by atoms with Crippen LogP contribution in [0.3, 0.4) is 0 Å². The number of amides is 1. The number of aryl methyl sites for hydroxylation is 1. The van der Waals surface area contributed by atoms with Gasteiger partial charge in [0.1, 0.15) is 5.82 Å². The largest absolute Gasteiger partial charge is 0.449 e. The Morgan fingerprint density at radius 1 is 1.16 bits per heavy atom. The maximum atomic E-state index is 13.2. The fourth-order valence-electron chi connectivity index (χ4n) is 3.02. The van der Waals surface area contributed by atoms with Gasteiger partial charge in [-0.25, -0.2) is 13.9 Å². The van der Waals surface area contributed by atoms with Gasteiger partial charge in [-0.1, -0.05) is 0 Å². The number of aromatic nitrogens is 2. The summed E-state index contributed by atoms with van der Waals surface area (Å²) in [7, 11) is 0. The van der Waals surface area contributed by atoms with Crippen molar-refractivity contribution in [1.82, 2.24) is 9.78 Å². The number of anilines is 1. The molecule has 0 aliphatic heterocycles. The lowest BCUT2D eigenvalue weighted by atomic mass is 10.2. The van der Waals surface area contributed by atoms with E-state index < -0.39 is 18.0 Å². The molecule has 2 aromatic carbocycles. The Hall–Kier alpha value is -4.25. The number of ether oxygens (including phenoxy) is 1. The molecule has 3 aromatic rings. The Kier molecular flexibility index (Phi) is 6.80. The highest BCUT2D eigenvalue weighted by Gasteiger charge is 2.17. The molecule has 0 aliphatic carbocycles. The molecule has 1 atom stereocenters. The number of nitrogens with one attached hydrogen (secondary N) is 1. The SMILES string of the molecule is Cc1nn(-c2ccc(F)cc2)c(C)c1/C=C/C(=O)OC(C)C(=O)Nc1ccc(C#N)cc1. The van der Waals surface area contributed by atoms with Crippen molar-refractivity contribution in [2.24, 2.45) is 0 Å². The van der Waals surface area contributed by atoms with Crippen molar-refractivity contribution < 1.29 is 18.7 Å². The van der Waals surface area contributed by atoms with E-state index in [2.05, 4.69) is 10.4 Å². The normalized spacial score (nSPS) is 11.7. The summed E-state index contributed by atoms with van der Waals surface area (Å²) in [6.07, 6.45) is 1.79. The van der Waals surface area contributed by atoms with E-state index in [4.69, 9.17) is 10.00 Å². The van der Waals surface area contributed by atoms with Gasteiger partial charge < -0.3 is 10.1 Å². The molecule has 0 fully saturated rings. The zero-order chi connectivity index (χ0) is 23.3. The quantitative estimate of drug-likeness (QED) is 0.468. The first-order chi connectivity index (χ1) is 15.3. The maximum absolute atomic E-state index is 13.2. The third kappa shape index (κ3) is 5.26. The number of rotatable bonds is 6. The Morgan fingerprint density at radius 3 is 2.44 bits per heavy atom. The first kappa shape index (κ1) is 22.4. The molecule has 0 aliphatic rings. The van der Waals surface area contributed by atoms with Gasteiger partial charge in [0.2, 0.25) is 0 Å². The monoisotopic (exact) mass is 432 g/mol. The Morgan fingerprint density at radius 2 is 1.81 bits per heavy atom. The van der Waals surface area contributed by atoms with Crippen molar-refractivity contribution in [3.05, 3.63) is 82.9 Å². The van der Waals surface area contributed by atoms with Crippen LogP contribution in [0, 0.1) is 31.0 Å². The number of hydrogen-bond acceptors (Lipinski definition) is 5. The van der Waals surface area contributed by atoms with E-state index in [1.807, 2.05) is 13.0 Å². The summed E-state index contributed by atoms with van der Waals surface area (Å²) in [5, 5.41) is 15.9. The number of halogens is 1. The van der Waals surface area contributed by atoms with Gasteiger partial charge in [-0.15, -0.1) is 0 Å². The molecule has 0 saturated heterocycles. The lowest BCUT2D eigenvalue weighted by molar-refractivity contribution is -0.148. The molecule has 1 unspecified atom stereocenters. The van der Waals surface area contributed by atoms with E-state index in [1.165, 1.54) is 25.1 Å². The molecule has 1 amide bonds. The minimum Gasteiger partial charge on any atom is -0.449 e. The number of carbonyl (C=O) groups is 2. The molecule has 1 N–H and O–H groups in total. The molecule has 0 spiro atoms. The molecule has 3 rings (SSSR count). The third-order valence-corrected chi connectivity index (χ3v) is 4.75. The smallest absolute Gasteiger partial charge is 0.331 e. The van der Waals surface area contributed by atoms with E-state index in [0.29, 0.717) is 22.6 Å². The number of nitriles is 1. The summed E-state index contributed by atoms with van der Waals surface area (Å²) in [5.74, 6) is -1.51. The van der Waals surface area contributed by atoms with E-state index in [-0.39, 0.29) is 5.82 Å². The minimum atomic E-state index is -1.02. The van der Waals surface area contributed by atoms with Gasteiger partial charge in [0.25, 0.3) is 5.91 Å². The second-order valence-electron chi connectivity index (χ2n) is 7.06. The summed E-state index contributed by atoms with van der Waals surface area (Å²) in [4.78, 5) is 24.5. The van der Waals surface area contributed by atoms with E-state index >= 15 is 0 Å². The van der Waals surface area contributed by atoms with Gasteiger partial charge in [-0.2, -0.15) is 10.4 Å². The predicted octanol–water partition coefficient (Wildman–Crippen LogP) is 4.08. The van der Waals surface area contributed by atoms with E-state index in [9.17, 15) is 14.0 Å². The van der Waals surface area contributed by atoms with Crippen LogP contribution in [0.1, 0.15) is 29.4 Å². The molecule has 0 bridgehead atoms. The summed E-state index contributed by atoms with van der Waals surface area (Å²) < 4.78 is 20.0. The van der Waals surface area contributed by atoms with Crippen LogP contribution in [0.2, 0.25) is 0 Å². The molecule has 32 heavy (non-hydrogen) atoms. The third-order valence-electron chi connectivity index (χ3n) is 4.75. The highest BCUT2D eigenvalue weighted by Crippen LogP contribution is 2.19. The molecule has 1 aromatic heterocycles. The molecular formula is C24H21FN4O3. The van der Waals surface area contributed by atoms with Crippen LogP contribution in [0.4, 0.5) is 10.1 Å². The number of nitrogens with zero attached hydrogens (tertiary/aromatic N) is 3. The van der Waals surface area contributed by atoms with Gasteiger partial charge in [0.05, 0.1) is 23.0 Å². The summed E-state index contributed by atoms with van der Waals surface area (Å²) in [6, 6.07) is 14.3. The highest BCUT2D eigenvalue weighted by molar-refractivity contribution is 5.96. The number of benzene rings is 2. The van der Waals surface area contributed by atoms with Crippen LogP contribution >= 0.6 is 0 Å². The zero-order valence-electron chi connectivity index (χ0n) is 17.8. The van der Waals surface area contributed by atoms with Crippen LogP contribution < -0.4 is 5.32 Å². The topological polar surface area (TPSA) is 97.0 Å². The molecule has 8 heteroatoms. The Labute approximate surface area is 184 Å². The van der Waals surface area contributed by atoms with Crippen molar-refractivity contribution in [3.8, 4) is 11.8 Å². The van der Waals surface area contributed by atoms with Gasteiger partial charge in [-0.05, 0) is 75.4 Å². The van der Waals surface area contributed by atoms with Crippen molar-refractivity contribution in [2.45, 2.75) is 26.9 Å². The number of hydrogen-bond donors (Lipinski definition) is 1. The van der Waals surface area contributed by atoms with Gasteiger partial charge >= 0.3 is 5.97 Å². The number of carbonyl (C=O) groups excluding carboxylic acids is 2. The number of esters is 1. The first-order valence-corrected chi connectivity index (χ1v) is 9.80. The Bertz CT molecular complexity index is 1210. The molecule has 0 saturated carbocycles. The van der Waals surface area contributed by atoms with Crippen LogP contribution in [-0.4, -0.2) is 27.8 Å². The van der Waals surface area contributed by atoms with Gasteiger partial charge in [0, 0.05) is 23.0 Å². The van der Waals surface area contributed by atoms with E-state index in [0.717, 1.165) is 11.3 Å². The summed E-state index contributed by atoms with van der Waals surface area (Å²) in [6.45, 7) is 5.10. The Balaban J connectivity index is 1.64. The van der Waals surface area contributed by atoms with E-state index in [1.54, 1.807) is 54.1 Å². The lowest BCUT2D eigenvalue weighted by Gasteiger charge is -2.12. The van der Waals surface area contributed by atoms with Crippen LogP contribution in [0.15, 0.2) is 54.6 Å². The highest BCUT2D eigenvalue weighted by atomic mass is 19.1. The minimum absolute atomic E-state index is 0.338.